The van der Waals surface area contributed by atoms with Gasteiger partial charge in [0.2, 0.25) is 15.5 Å². The maximum Gasteiger partial charge on any atom is 0.259 e. The largest absolute Gasteiger partial charge is 0.507 e. The van der Waals surface area contributed by atoms with Gasteiger partial charge in [-0.25, -0.2) is 17.8 Å². The molecule has 5 aromatic rings. The highest BCUT2D eigenvalue weighted by Crippen LogP contribution is 2.39. The minimum atomic E-state index is -3.80. The van der Waals surface area contributed by atoms with E-state index in [-0.39, 0.29) is 45.8 Å². The zero-order chi connectivity index (χ0) is 43.4. The van der Waals surface area contributed by atoms with Crippen molar-refractivity contribution in [3.8, 4) is 28.7 Å². The molecule has 0 aliphatic carbocycles. The molecule has 0 bridgehead atoms. The summed E-state index contributed by atoms with van der Waals surface area (Å²) in [5.74, 6) is 1.61. The quantitative estimate of drug-likeness (QED) is 0.0195. The van der Waals surface area contributed by atoms with E-state index in [0.717, 1.165) is 11.1 Å². The molecule has 60 heavy (non-hydrogen) atoms. The van der Waals surface area contributed by atoms with E-state index < -0.39 is 33.3 Å². The van der Waals surface area contributed by atoms with Crippen molar-refractivity contribution in [1.29, 1.82) is 0 Å². The van der Waals surface area contributed by atoms with Gasteiger partial charge in [0, 0.05) is 28.9 Å². The van der Waals surface area contributed by atoms with Crippen molar-refractivity contribution in [3.63, 3.8) is 0 Å². The zero-order valence-corrected chi connectivity index (χ0v) is 35.7. The van der Waals surface area contributed by atoms with E-state index in [9.17, 15) is 27.6 Å². The monoisotopic (exact) mass is 864 g/mol. The molecular formula is C44H52N2O12S2. The molecule has 4 aromatic carbocycles. The predicted octanol–water partition coefficient (Wildman–Crippen LogP) is 7.83. The first-order valence-corrected chi connectivity index (χ1v) is 22.1. The van der Waals surface area contributed by atoms with Crippen molar-refractivity contribution in [2.24, 2.45) is 5.14 Å². The van der Waals surface area contributed by atoms with Crippen LogP contribution in [0.4, 0.5) is 5.69 Å². The molecule has 0 fully saturated rings. The summed E-state index contributed by atoms with van der Waals surface area (Å²) in [6.45, 7) is 8.67. The van der Waals surface area contributed by atoms with Crippen LogP contribution in [0.1, 0.15) is 70.1 Å². The summed E-state index contributed by atoms with van der Waals surface area (Å²) in [5.41, 5.74) is 3.88. The van der Waals surface area contributed by atoms with Gasteiger partial charge in [-0.15, -0.1) is 0 Å². The lowest BCUT2D eigenvalue weighted by Gasteiger charge is -2.18. The van der Waals surface area contributed by atoms with Crippen LogP contribution in [0.2, 0.25) is 0 Å². The Morgan fingerprint density at radius 1 is 0.733 bits per heavy atom. The maximum atomic E-state index is 14.5. The van der Waals surface area contributed by atoms with Crippen LogP contribution >= 0.6 is 0 Å². The Morgan fingerprint density at radius 3 is 1.68 bits per heavy atom. The first-order chi connectivity index (χ1) is 28.7. The second kappa shape index (κ2) is 21.2. The van der Waals surface area contributed by atoms with E-state index in [1.54, 1.807) is 36.4 Å². The van der Waals surface area contributed by atoms with Gasteiger partial charge in [-0.2, -0.15) is 0 Å². The molecule has 14 nitrogen and oxygen atoms in total. The lowest BCUT2D eigenvalue weighted by Crippen LogP contribution is -2.12. The van der Waals surface area contributed by atoms with E-state index in [0.29, 0.717) is 97.1 Å². The number of nitrogens with one attached hydrogen (secondary N) is 1. The molecule has 6 N–H and O–H groups in total. The number of sulfonamides is 1. The molecule has 0 aliphatic rings. The maximum absolute atomic E-state index is 14.5. The minimum Gasteiger partial charge on any atom is -0.507 e. The van der Waals surface area contributed by atoms with Gasteiger partial charge in [0.1, 0.15) is 45.3 Å². The number of benzene rings is 4. The number of rotatable bonds is 22. The number of primary sulfonamides is 1. The topological polar surface area (TPSA) is 217 Å². The van der Waals surface area contributed by atoms with Crippen molar-refractivity contribution in [3.05, 3.63) is 111 Å². The Balaban J connectivity index is 1.36. The fourth-order valence-electron chi connectivity index (χ4n) is 6.33. The molecule has 0 saturated carbocycles. The lowest BCUT2D eigenvalue weighted by atomic mass is 9.95. The highest BCUT2D eigenvalue weighted by Gasteiger charge is 2.24. The highest BCUT2D eigenvalue weighted by molar-refractivity contribution is 7.89. The Labute approximate surface area is 352 Å². The standard InChI is InChI=1S/C44H52N2O12S2/c1-28(2)9-19-34-36(27-47)38(57-24-8-6-21-54-31-13-11-30(12-14-31)46-59(50)51)26-39-41(34)44(49)42-40(58-39)25-37(35(43(42)48)20-10-29(3)4)56-23-7-5-22-55-32-15-17-33(18-16-32)60(45,52)53/h9-18,25-26,46-48H,5-8,19-24,27H2,1-4H3,(H,50,51)(H2,45,52,53). The summed E-state index contributed by atoms with van der Waals surface area (Å²) in [5, 5.41) is 27.8. The number of allylic oxidation sites excluding steroid dienone is 4. The number of unbranched alkanes of at least 4 members (excludes halogenated alkanes) is 2. The Bertz CT molecular complexity index is 2520. The first kappa shape index (κ1) is 45.7. The molecule has 0 amide bonds. The van der Waals surface area contributed by atoms with Gasteiger partial charge in [-0.1, -0.05) is 23.3 Å². The fraction of sp³-hybridized carbons (Fsp3) is 0.341. The van der Waals surface area contributed by atoms with Gasteiger partial charge in [0.25, 0.3) is 11.3 Å². The Hall–Kier alpha value is -5.39. The first-order valence-electron chi connectivity index (χ1n) is 19.5. The van der Waals surface area contributed by atoms with E-state index in [1.165, 1.54) is 24.3 Å². The third-order valence-corrected chi connectivity index (χ3v) is 10.7. The van der Waals surface area contributed by atoms with Crippen molar-refractivity contribution in [2.75, 3.05) is 31.1 Å². The molecule has 16 heteroatoms. The Morgan fingerprint density at radius 2 is 1.20 bits per heavy atom. The normalized spacial score (nSPS) is 11.9. The second-order valence-corrected chi connectivity index (χ2v) is 16.8. The van der Waals surface area contributed by atoms with Crippen LogP contribution in [-0.4, -0.2) is 53.8 Å². The highest BCUT2D eigenvalue weighted by atomic mass is 32.2. The molecule has 1 unspecified atom stereocenters. The molecular weight excluding hydrogens is 813 g/mol. The molecule has 0 radical (unpaired) electrons. The Kier molecular flexibility index (Phi) is 16.2. The number of aliphatic hydroxyl groups is 1. The second-order valence-electron chi connectivity index (χ2n) is 14.5. The summed E-state index contributed by atoms with van der Waals surface area (Å²) in [7, 11) is -3.80. The number of fused-ring (bicyclic) bond motifs is 2. The molecule has 1 heterocycles. The van der Waals surface area contributed by atoms with E-state index in [2.05, 4.69) is 4.72 Å². The van der Waals surface area contributed by atoms with Crippen LogP contribution in [0, 0.1) is 0 Å². The molecule has 0 aliphatic heterocycles. The summed E-state index contributed by atoms with van der Waals surface area (Å²) < 4.78 is 75.7. The molecule has 1 atom stereocenters. The van der Waals surface area contributed by atoms with E-state index >= 15 is 0 Å². The number of aromatic hydroxyl groups is 1. The van der Waals surface area contributed by atoms with Crippen LogP contribution in [0.25, 0.3) is 21.9 Å². The smallest absolute Gasteiger partial charge is 0.259 e. The van der Waals surface area contributed by atoms with Crippen molar-refractivity contribution >= 4 is 48.9 Å². The van der Waals surface area contributed by atoms with Gasteiger partial charge >= 0.3 is 0 Å². The molecule has 5 rings (SSSR count). The van der Waals surface area contributed by atoms with Crippen LogP contribution in [-0.2, 0) is 40.7 Å². The van der Waals surface area contributed by atoms with Gasteiger partial charge in [0.15, 0.2) is 0 Å². The summed E-state index contributed by atoms with van der Waals surface area (Å²) in [4.78, 5) is 14.5. The van der Waals surface area contributed by atoms with Crippen LogP contribution in [0.15, 0.2) is 98.1 Å². The van der Waals surface area contributed by atoms with E-state index in [4.69, 9.17) is 33.1 Å². The number of phenols is 1. The van der Waals surface area contributed by atoms with Crippen LogP contribution in [0.5, 0.6) is 28.7 Å². The lowest BCUT2D eigenvalue weighted by molar-refractivity contribution is 0.249. The number of hydrogen-bond acceptors (Lipinski definition) is 11. The molecule has 322 valence electrons. The fourth-order valence-corrected chi connectivity index (χ4v) is 7.18. The van der Waals surface area contributed by atoms with Crippen LogP contribution in [0.3, 0.4) is 0 Å². The summed E-state index contributed by atoms with van der Waals surface area (Å²) >= 11 is -2.16. The predicted molar refractivity (Wildman–Crippen MR) is 233 cm³/mol. The molecule has 1 aromatic heterocycles. The van der Waals surface area contributed by atoms with Crippen molar-refractivity contribution in [1.82, 2.24) is 0 Å². The third kappa shape index (κ3) is 12.3. The van der Waals surface area contributed by atoms with Gasteiger partial charge in [0.05, 0.1) is 43.3 Å². The van der Waals surface area contributed by atoms with Crippen molar-refractivity contribution < 1.29 is 50.8 Å². The van der Waals surface area contributed by atoms with E-state index in [1.807, 2.05) is 39.8 Å². The molecule has 0 spiro atoms. The number of hydrogen-bond donors (Lipinski definition) is 5. The number of nitrogens with two attached hydrogens (primary N) is 1. The summed E-state index contributed by atoms with van der Waals surface area (Å²) in [6.07, 6.45) is 6.96. The van der Waals surface area contributed by atoms with Crippen molar-refractivity contribution in [2.45, 2.75) is 77.7 Å². The zero-order valence-electron chi connectivity index (χ0n) is 34.1. The van der Waals surface area contributed by atoms with Gasteiger partial charge in [-0.3, -0.25) is 14.1 Å². The van der Waals surface area contributed by atoms with Gasteiger partial charge in [-0.05, 0) is 120 Å². The van der Waals surface area contributed by atoms with Gasteiger partial charge < -0.3 is 33.6 Å². The number of aliphatic hydroxyl groups excluding tert-OH is 1. The average Bonchev–Trinajstić information content (AvgIpc) is 3.19. The van der Waals surface area contributed by atoms with Crippen LogP contribution < -0.4 is 34.2 Å². The minimum absolute atomic E-state index is 0.00237. The number of ether oxygens (including phenoxy) is 4. The summed E-state index contributed by atoms with van der Waals surface area (Å²) in [6, 6.07) is 15.8. The number of anilines is 1. The number of phenolic OH excluding ortho intramolecular Hbond substituents is 1. The molecule has 0 saturated heterocycles. The third-order valence-electron chi connectivity index (χ3n) is 9.40. The SMILES string of the molecule is CC(C)=CCc1c(OCCCCOc2ccc(S(N)(=O)=O)cc2)cc2oc3cc(OCCCCOc4ccc(NS(=O)O)cc4)c(CO)c(CC=C(C)C)c3c(=O)c2c1O. The average molecular weight is 865 g/mol.